The smallest absolute Gasteiger partial charge is 0.311 e. The SMILES string of the molecule is CCOC(=O)Cc1ccc(-n2cnnn2)c(C)n1. The second-order valence-corrected chi connectivity index (χ2v) is 3.64. The van der Waals surface area contributed by atoms with Gasteiger partial charge in [-0.25, -0.2) is 0 Å². The average molecular weight is 247 g/mol. The van der Waals surface area contributed by atoms with Gasteiger partial charge in [-0.3, -0.25) is 9.78 Å². The van der Waals surface area contributed by atoms with Crippen molar-refractivity contribution in [3.05, 3.63) is 29.8 Å². The lowest BCUT2D eigenvalue weighted by molar-refractivity contribution is -0.142. The van der Waals surface area contributed by atoms with E-state index in [9.17, 15) is 4.79 Å². The van der Waals surface area contributed by atoms with Crippen molar-refractivity contribution in [3.63, 3.8) is 0 Å². The standard InChI is InChI=1S/C11H13N5O2/c1-3-18-11(17)6-9-4-5-10(8(2)13-9)16-7-12-14-15-16/h4-5,7H,3,6H2,1-2H3. The lowest BCUT2D eigenvalue weighted by Gasteiger charge is -2.06. The molecule has 0 unspecified atom stereocenters. The van der Waals surface area contributed by atoms with Gasteiger partial charge in [-0.05, 0) is 36.4 Å². The summed E-state index contributed by atoms with van der Waals surface area (Å²) in [7, 11) is 0. The summed E-state index contributed by atoms with van der Waals surface area (Å²) in [5.74, 6) is -0.278. The Bertz CT molecular complexity index is 538. The van der Waals surface area contributed by atoms with Gasteiger partial charge in [0.15, 0.2) is 0 Å². The van der Waals surface area contributed by atoms with Crippen LogP contribution < -0.4 is 0 Å². The van der Waals surface area contributed by atoms with Gasteiger partial charge in [-0.15, -0.1) is 5.10 Å². The number of rotatable bonds is 4. The molecule has 0 spiro atoms. The van der Waals surface area contributed by atoms with E-state index < -0.39 is 0 Å². The summed E-state index contributed by atoms with van der Waals surface area (Å²) < 4.78 is 6.40. The third-order valence-corrected chi connectivity index (χ3v) is 2.34. The third-order valence-electron chi connectivity index (χ3n) is 2.34. The van der Waals surface area contributed by atoms with E-state index in [1.807, 2.05) is 13.0 Å². The molecule has 18 heavy (non-hydrogen) atoms. The second kappa shape index (κ2) is 5.35. The first kappa shape index (κ1) is 12.2. The number of pyridine rings is 1. The number of carbonyl (C=O) groups excluding carboxylic acids is 1. The van der Waals surface area contributed by atoms with Gasteiger partial charge in [0.1, 0.15) is 6.33 Å². The quantitative estimate of drug-likeness (QED) is 0.730. The van der Waals surface area contributed by atoms with Gasteiger partial charge in [0.2, 0.25) is 0 Å². The Morgan fingerprint density at radius 3 is 2.89 bits per heavy atom. The lowest BCUT2D eigenvalue weighted by Crippen LogP contribution is -2.10. The van der Waals surface area contributed by atoms with E-state index in [0.29, 0.717) is 12.3 Å². The highest BCUT2D eigenvalue weighted by molar-refractivity contribution is 5.72. The Labute approximate surface area is 104 Å². The highest BCUT2D eigenvalue weighted by Gasteiger charge is 2.09. The zero-order valence-electron chi connectivity index (χ0n) is 10.2. The van der Waals surface area contributed by atoms with Crippen LogP contribution in [0.1, 0.15) is 18.3 Å². The van der Waals surface area contributed by atoms with E-state index in [4.69, 9.17) is 4.74 Å². The molecule has 0 aliphatic heterocycles. The molecule has 0 saturated carbocycles. The predicted molar refractivity (Wildman–Crippen MR) is 62.0 cm³/mol. The molecule has 0 radical (unpaired) electrons. The van der Waals surface area contributed by atoms with Crippen molar-refractivity contribution in [3.8, 4) is 5.69 Å². The number of ether oxygens (including phenoxy) is 1. The van der Waals surface area contributed by atoms with Gasteiger partial charge in [-0.2, -0.15) is 4.68 Å². The molecule has 0 saturated heterocycles. The molecule has 2 rings (SSSR count). The summed E-state index contributed by atoms with van der Waals surface area (Å²) in [6, 6.07) is 3.59. The monoisotopic (exact) mass is 247 g/mol. The summed E-state index contributed by atoms with van der Waals surface area (Å²) >= 11 is 0. The maximum absolute atomic E-state index is 11.3. The number of aromatic nitrogens is 5. The Balaban J connectivity index is 2.18. The maximum Gasteiger partial charge on any atom is 0.311 e. The molecule has 0 aliphatic rings. The van der Waals surface area contributed by atoms with Gasteiger partial charge in [0, 0.05) is 0 Å². The Kier molecular flexibility index (Phi) is 3.61. The average Bonchev–Trinajstić information content (AvgIpc) is 2.82. The van der Waals surface area contributed by atoms with Gasteiger partial charge in [0.25, 0.3) is 0 Å². The summed E-state index contributed by atoms with van der Waals surface area (Å²) in [6.07, 6.45) is 1.67. The number of tetrazole rings is 1. The largest absolute Gasteiger partial charge is 0.466 e. The Hall–Kier alpha value is -2.31. The summed E-state index contributed by atoms with van der Waals surface area (Å²) in [5.41, 5.74) is 2.21. The van der Waals surface area contributed by atoms with Crippen molar-refractivity contribution >= 4 is 5.97 Å². The van der Waals surface area contributed by atoms with Crippen molar-refractivity contribution in [2.24, 2.45) is 0 Å². The number of nitrogens with zero attached hydrogens (tertiary/aromatic N) is 5. The maximum atomic E-state index is 11.3. The fourth-order valence-electron chi connectivity index (χ4n) is 1.58. The van der Waals surface area contributed by atoms with Crippen LogP contribution in [0.4, 0.5) is 0 Å². The molecule has 2 heterocycles. The van der Waals surface area contributed by atoms with Gasteiger partial charge in [0.05, 0.1) is 30.1 Å². The van der Waals surface area contributed by atoms with E-state index in [0.717, 1.165) is 11.4 Å². The number of hydrogen-bond donors (Lipinski definition) is 0. The zero-order valence-corrected chi connectivity index (χ0v) is 10.2. The summed E-state index contributed by atoms with van der Waals surface area (Å²) in [4.78, 5) is 15.7. The van der Waals surface area contributed by atoms with Crippen LogP contribution >= 0.6 is 0 Å². The highest BCUT2D eigenvalue weighted by atomic mass is 16.5. The van der Waals surface area contributed by atoms with Gasteiger partial charge < -0.3 is 4.74 Å². The summed E-state index contributed by atoms with van der Waals surface area (Å²) in [6.45, 7) is 3.99. The number of carbonyl (C=O) groups is 1. The molecule has 0 bridgehead atoms. The fraction of sp³-hybridized carbons (Fsp3) is 0.364. The fourth-order valence-corrected chi connectivity index (χ4v) is 1.58. The van der Waals surface area contributed by atoms with Crippen molar-refractivity contribution in [2.45, 2.75) is 20.3 Å². The minimum absolute atomic E-state index is 0.171. The van der Waals surface area contributed by atoms with Crippen LogP contribution in [-0.4, -0.2) is 37.8 Å². The number of aryl methyl sites for hydroxylation is 1. The first-order chi connectivity index (χ1) is 8.70. The third kappa shape index (κ3) is 2.68. The van der Waals surface area contributed by atoms with Gasteiger partial charge >= 0.3 is 5.97 Å². The van der Waals surface area contributed by atoms with Crippen LogP contribution in [0.3, 0.4) is 0 Å². The number of esters is 1. The van der Waals surface area contributed by atoms with E-state index in [-0.39, 0.29) is 12.4 Å². The van der Waals surface area contributed by atoms with Crippen molar-refractivity contribution in [1.82, 2.24) is 25.2 Å². The minimum atomic E-state index is -0.278. The van der Waals surface area contributed by atoms with Crippen molar-refractivity contribution < 1.29 is 9.53 Å². The van der Waals surface area contributed by atoms with Crippen LogP contribution in [0.2, 0.25) is 0 Å². The zero-order chi connectivity index (χ0) is 13.0. The highest BCUT2D eigenvalue weighted by Crippen LogP contribution is 2.11. The van der Waals surface area contributed by atoms with Crippen LogP contribution in [0.15, 0.2) is 18.5 Å². The molecule has 0 atom stereocenters. The van der Waals surface area contributed by atoms with E-state index in [1.54, 1.807) is 13.0 Å². The van der Waals surface area contributed by atoms with Crippen LogP contribution in [-0.2, 0) is 16.0 Å². The first-order valence-electron chi connectivity index (χ1n) is 5.56. The normalized spacial score (nSPS) is 10.3. The van der Waals surface area contributed by atoms with E-state index >= 15 is 0 Å². The summed E-state index contributed by atoms with van der Waals surface area (Å²) in [5, 5.41) is 10.9. The van der Waals surface area contributed by atoms with Gasteiger partial charge in [-0.1, -0.05) is 0 Å². The first-order valence-corrected chi connectivity index (χ1v) is 5.56. The number of hydrogen-bond acceptors (Lipinski definition) is 6. The molecular weight excluding hydrogens is 234 g/mol. The van der Waals surface area contributed by atoms with Crippen LogP contribution in [0.25, 0.3) is 5.69 Å². The molecule has 0 amide bonds. The van der Waals surface area contributed by atoms with E-state index in [1.165, 1.54) is 11.0 Å². The molecule has 7 heteroatoms. The molecule has 2 aromatic heterocycles. The molecule has 0 N–H and O–H groups in total. The predicted octanol–water partition coefficient (Wildman–Crippen LogP) is 0.471. The molecule has 94 valence electrons. The molecule has 0 aliphatic carbocycles. The second-order valence-electron chi connectivity index (χ2n) is 3.64. The molecular formula is C11H13N5O2. The van der Waals surface area contributed by atoms with Crippen LogP contribution in [0.5, 0.6) is 0 Å². The van der Waals surface area contributed by atoms with Crippen LogP contribution in [0, 0.1) is 6.92 Å². The molecule has 2 aromatic rings. The van der Waals surface area contributed by atoms with Crippen molar-refractivity contribution in [1.29, 1.82) is 0 Å². The lowest BCUT2D eigenvalue weighted by atomic mass is 10.2. The Morgan fingerprint density at radius 2 is 2.28 bits per heavy atom. The minimum Gasteiger partial charge on any atom is -0.466 e. The van der Waals surface area contributed by atoms with E-state index in [2.05, 4.69) is 20.5 Å². The topological polar surface area (TPSA) is 82.8 Å². The molecule has 7 nitrogen and oxygen atoms in total. The molecule has 0 fully saturated rings. The Morgan fingerprint density at radius 1 is 1.44 bits per heavy atom. The molecule has 0 aromatic carbocycles. The van der Waals surface area contributed by atoms with Crippen molar-refractivity contribution in [2.75, 3.05) is 6.61 Å².